The number of hydrogen-bond donors (Lipinski definition) is 0. The van der Waals surface area contributed by atoms with Gasteiger partial charge in [-0.1, -0.05) is 0 Å². The molecular formula is C15H10F2OS. The highest BCUT2D eigenvalue weighted by atomic mass is 32.1. The van der Waals surface area contributed by atoms with Gasteiger partial charge in [0.05, 0.1) is 0 Å². The largest absolute Gasteiger partial charge is 0.489 e. The molecule has 0 saturated carbocycles. The highest BCUT2D eigenvalue weighted by Gasteiger charge is 2.06. The van der Waals surface area contributed by atoms with Gasteiger partial charge >= 0.3 is 0 Å². The molecule has 0 spiro atoms. The van der Waals surface area contributed by atoms with Gasteiger partial charge in [-0.25, -0.2) is 8.78 Å². The van der Waals surface area contributed by atoms with Gasteiger partial charge in [-0.2, -0.15) is 0 Å². The fourth-order valence-electron chi connectivity index (χ4n) is 1.86. The number of thiophene rings is 1. The van der Waals surface area contributed by atoms with Crippen molar-refractivity contribution in [3.63, 3.8) is 0 Å². The van der Waals surface area contributed by atoms with E-state index in [0.29, 0.717) is 12.4 Å². The molecule has 1 aromatic heterocycles. The summed E-state index contributed by atoms with van der Waals surface area (Å²) in [4.78, 5) is 0. The molecule has 0 atom stereocenters. The molecule has 0 unspecified atom stereocenters. The van der Waals surface area contributed by atoms with Crippen molar-refractivity contribution in [3.8, 4) is 5.75 Å². The zero-order valence-electron chi connectivity index (χ0n) is 9.90. The summed E-state index contributed by atoms with van der Waals surface area (Å²) in [7, 11) is 0. The SMILES string of the molecule is Fc1ccc(OCc2csc3ccc(F)cc23)cc1. The van der Waals surface area contributed by atoms with Crippen molar-refractivity contribution in [1.82, 2.24) is 0 Å². The predicted molar refractivity (Wildman–Crippen MR) is 72.5 cm³/mol. The summed E-state index contributed by atoms with van der Waals surface area (Å²) in [5.41, 5.74) is 0.934. The lowest BCUT2D eigenvalue weighted by Gasteiger charge is -2.05. The van der Waals surface area contributed by atoms with Crippen molar-refractivity contribution in [1.29, 1.82) is 0 Å². The highest BCUT2D eigenvalue weighted by molar-refractivity contribution is 7.17. The van der Waals surface area contributed by atoms with Crippen LogP contribution in [0.15, 0.2) is 47.8 Å². The van der Waals surface area contributed by atoms with Gasteiger partial charge in [0.15, 0.2) is 0 Å². The summed E-state index contributed by atoms with van der Waals surface area (Å²) in [6, 6.07) is 10.6. The minimum Gasteiger partial charge on any atom is -0.489 e. The van der Waals surface area contributed by atoms with Crippen LogP contribution in [0.2, 0.25) is 0 Å². The monoisotopic (exact) mass is 276 g/mol. The molecule has 0 aliphatic heterocycles. The number of ether oxygens (including phenoxy) is 1. The Labute approximate surface area is 113 Å². The zero-order valence-corrected chi connectivity index (χ0v) is 10.7. The van der Waals surface area contributed by atoms with E-state index in [0.717, 1.165) is 15.6 Å². The first-order chi connectivity index (χ1) is 9.22. The van der Waals surface area contributed by atoms with Gasteiger partial charge in [-0.15, -0.1) is 11.3 Å². The van der Waals surface area contributed by atoms with E-state index >= 15 is 0 Å². The Balaban J connectivity index is 1.81. The second-order valence-electron chi connectivity index (χ2n) is 4.14. The summed E-state index contributed by atoms with van der Waals surface area (Å²) in [5, 5.41) is 2.82. The van der Waals surface area contributed by atoms with E-state index in [1.54, 1.807) is 29.5 Å². The lowest BCUT2D eigenvalue weighted by Crippen LogP contribution is -1.94. The minimum atomic E-state index is -0.296. The van der Waals surface area contributed by atoms with Gasteiger partial charge in [0.2, 0.25) is 0 Å². The highest BCUT2D eigenvalue weighted by Crippen LogP contribution is 2.27. The lowest BCUT2D eigenvalue weighted by atomic mass is 10.2. The van der Waals surface area contributed by atoms with Crippen molar-refractivity contribution in [2.24, 2.45) is 0 Å². The van der Waals surface area contributed by atoms with Gasteiger partial charge < -0.3 is 4.74 Å². The molecule has 0 N–H and O–H groups in total. The van der Waals surface area contributed by atoms with Crippen LogP contribution in [-0.4, -0.2) is 0 Å². The molecule has 0 aliphatic carbocycles. The van der Waals surface area contributed by atoms with Crippen LogP contribution in [-0.2, 0) is 6.61 Å². The summed E-state index contributed by atoms with van der Waals surface area (Å²) < 4.78 is 32.6. The Kier molecular flexibility index (Phi) is 3.17. The molecular weight excluding hydrogens is 266 g/mol. The van der Waals surface area contributed by atoms with E-state index in [2.05, 4.69) is 0 Å². The van der Waals surface area contributed by atoms with Crippen molar-refractivity contribution in [3.05, 3.63) is 65.0 Å². The van der Waals surface area contributed by atoms with E-state index in [-0.39, 0.29) is 11.6 Å². The number of fused-ring (bicyclic) bond motifs is 1. The third-order valence-corrected chi connectivity index (χ3v) is 3.84. The van der Waals surface area contributed by atoms with E-state index in [1.807, 2.05) is 5.38 Å². The fraction of sp³-hybridized carbons (Fsp3) is 0.0667. The number of benzene rings is 2. The van der Waals surface area contributed by atoms with Crippen LogP contribution in [0.25, 0.3) is 10.1 Å². The van der Waals surface area contributed by atoms with Crippen molar-refractivity contribution in [2.75, 3.05) is 0 Å². The maximum Gasteiger partial charge on any atom is 0.123 e. The molecule has 0 aliphatic rings. The average molecular weight is 276 g/mol. The molecule has 2 aromatic carbocycles. The lowest BCUT2D eigenvalue weighted by molar-refractivity contribution is 0.307. The average Bonchev–Trinajstić information content (AvgIpc) is 2.80. The maximum atomic E-state index is 13.2. The number of hydrogen-bond acceptors (Lipinski definition) is 2. The Morgan fingerprint density at radius 3 is 2.47 bits per heavy atom. The molecule has 0 radical (unpaired) electrons. The summed E-state index contributed by atoms with van der Waals surface area (Å²) in [6.07, 6.45) is 0. The molecule has 0 saturated heterocycles. The van der Waals surface area contributed by atoms with Gasteiger partial charge in [-0.05, 0) is 47.8 Å². The van der Waals surface area contributed by atoms with Crippen molar-refractivity contribution in [2.45, 2.75) is 6.61 Å². The maximum absolute atomic E-state index is 13.2. The minimum absolute atomic E-state index is 0.256. The quantitative estimate of drug-likeness (QED) is 0.670. The Hall–Kier alpha value is -1.94. The Bertz CT molecular complexity index is 704. The molecule has 19 heavy (non-hydrogen) atoms. The van der Waals surface area contributed by atoms with E-state index in [1.165, 1.54) is 24.3 Å². The van der Waals surface area contributed by atoms with E-state index < -0.39 is 0 Å². The van der Waals surface area contributed by atoms with Crippen LogP contribution in [0.4, 0.5) is 8.78 Å². The van der Waals surface area contributed by atoms with Crippen LogP contribution in [0.3, 0.4) is 0 Å². The van der Waals surface area contributed by atoms with Crippen LogP contribution < -0.4 is 4.74 Å². The van der Waals surface area contributed by atoms with Gasteiger partial charge in [-0.3, -0.25) is 0 Å². The molecule has 96 valence electrons. The summed E-state index contributed by atoms with van der Waals surface area (Å²) in [6.45, 7) is 0.342. The summed E-state index contributed by atoms with van der Waals surface area (Å²) in [5.74, 6) is 0.0430. The molecule has 3 aromatic rings. The van der Waals surface area contributed by atoms with Crippen molar-refractivity contribution < 1.29 is 13.5 Å². The third-order valence-electron chi connectivity index (χ3n) is 2.82. The van der Waals surface area contributed by atoms with E-state index in [4.69, 9.17) is 4.74 Å². The van der Waals surface area contributed by atoms with E-state index in [9.17, 15) is 8.78 Å². The first-order valence-electron chi connectivity index (χ1n) is 5.76. The van der Waals surface area contributed by atoms with Gasteiger partial charge in [0, 0.05) is 15.6 Å². The second-order valence-corrected chi connectivity index (χ2v) is 5.06. The molecule has 3 rings (SSSR count). The van der Waals surface area contributed by atoms with Crippen LogP contribution >= 0.6 is 11.3 Å². The molecule has 0 amide bonds. The topological polar surface area (TPSA) is 9.23 Å². The van der Waals surface area contributed by atoms with Crippen LogP contribution in [0.5, 0.6) is 5.75 Å². The number of halogens is 2. The number of rotatable bonds is 3. The Morgan fingerprint density at radius 1 is 0.947 bits per heavy atom. The molecule has 0 bridgehead atoms. The van der Waals surface area contributed by atoms with Crippen molar-refractivity contribution >= 4 is 21.4 Å². The zero-order chi connectivity index (χ0) is 13.2. The third kappa shape index (κ3) is 2.58. The predicted octanol–water partition coefficient (Wildman–Crippen LogP) is 4.76. The first-order valence-corrected chi connectivity index (χ1v) is 6.64. The normalized spacial score (nSPS) is 10.8. The molecule has 1 heterocycles. The van der Waals surface area contributed by atoms with Crippen LogP contribution in [0.1, 0.15) is 5.56 Å². The summed E-state index contributed by atoms with van der Waals surface area (Å²) >= 11 is 1.55. The van der Waals surface area contributed by atoms with Gasteiger partial charge in [0.25, 0.3) is 0 Å². The first kappa shape index (κ1) is 12.1. The van der Waals surface area contributed by atoms with Gasteiger partial charge in [0.1, 0.15) is 24.0 Å². The standard InChI is InChI=1S/C15H10F2OS/c16-11-1-4-13(5-2-11)18-8-10-9-19-15-6-3-12(17)7-14(10)15/h1-7,9H,8H2. The van der Waals surface area contributed by atoms with Crippen LogP contribution in [0, 0.1) is 11.6 Å². The molecule has 0 fully saturated rings. The fourth-order valence-corrected chi connectivity index (χ4v) is 2.79. The molecule has 4 heteroatoms. The molecule has 1 nitrogen and oxygen atoms in total. The Morgan fingerprint density at radius 2 is 1.68 bits per heavy atom. The smallest absolute Gasteiger partial charge is 0.123 e. The second kappa shape index (κ2) is 4.97.